The van der Waals surface area contributed by atoms with E-state index in [2.05, 4.69) is 6.92 Å². The Bertz CT molecular complexity index is 595. The van der Waals surface area contributed by atoms with Gasteiger partial charge < -0.3 is 14.4 Å². The van der Waals surface area contributed by atoms with Crippen LogP contribution in [-0.4, -0.2) is 42.6 Å². The fourth-order valence-electron chi connectivity index (χ4n) is 3.44. The van der Waals surface area contributed by atoms with E-state index in [0.717, 1.165) is 37.9 Å². The van der Waals surface area contributed by atoms with Gasteiger partial charge in [-0.2, -0.15) is 0 Å². The molecule has 130 valence electrons. The van der Waals surface area contributed by atoms with Crippen molar-refractivity contribution in [3.05, 3.63) is 35.4 Å². The van der Waals surface area contributed by atoms with E-state index in [1.54, 1.807) is 6.07 Å². The van der Waals surface area contributed by atoms with Crippen molar-refractivity contribution in [2.75, 3.05) is 19.7 Å². The molecule has 1 saturated heterocycles. The quantitative estimate of drug-likeness (QED) is 0.752. The lowest BCUT2D eigenvalue weighted by molar-refractivity contribution is -0.136. The summed E-state index contributed by atoms with van der Waals surface area (Å²) in [5, 5.41) is 0. The Morgan fingerprint density at radius 3 is 2.88 bits per heavy atom. The number of amides is 1. The molecule has 2 aliphatic rings. The highest BCUT2D eigenvalue weighted by atomic mass is 16.5. The van der Waals surface area contributed by atoms with Crippen molar-refractivity contribution < 1.29 is 19.1 Å². The number of hydrogen-bond donors (Lipinski definition) is 0. The summed E-state index contributed by atoms with van der Waals surface area (Å²) in [6.07, 6.45) is 4.05. The highest BCUT2D eigenvalue weighted by molar-refractivity contribution is 5.94. The number of carbonyl (C=O) groups is 2. The van der Waals surface area contributed by atoms with Crippen LogP contribution in [-0.2, 0) is 14.3 Å². The summed E-state index contributed by atoms with van der Waals surface area (Å²) in [7, 11) is 0. The van der Waals surface area contributed by atoms with Crippen LogP contribution in [0.2, 0.25) is 0 Å². The third kappa shape index (κ3) is 3.78. The fraction of sp³-hybridized carbons (Fsp3) is 0.579. The van der Waals surface area contributed by atoms with Crippen molar-refractivity contribution >= 4 is 11.9 Å². The maximum atomic E-state index is 12.8. The van der Waals surface area contributed by atoms with Crippen LogP contribution in [0.5, 0.6) is 0 Å². The molecule has 1 aromatic rings. The van der Waals surface area contributed by atoms with Crippen LogP contribution in [0, 0.1) is 0 Å². The van der Waals surface area contributed by atoms with E-state index in [9.17, 15) is 9.59 Å². The Balaban J connectivity index is 1.64. The first-order valence-corrected chi connectivity index (χ1v) is 8.88. The minimum Gasteiger partial charge on any atom is -0.453 e. The molecule has 0 bridgehead atoms. The Kier molecular flexibility index (Phi) is 5.51. The van der Waals surface area contributed by atoms with Crippen molar-refractivity contribution in [3.8, 4) is 0 Å². The smallest absolute Gasteiger partial charge is 0.339 e. The average molecular weight is 331 g/mol. The standard InChI is InChI=1S/C19H25NO4/c1-2-10-20(13-14-7-5-6-11-23-14)18(21)12-17-15-8-3-4-9-16(15)19(22)24-17/h3-4,8-9,14,17H,2,5-7,10-13H2,1H3/t14-,17+/m1/s1. The zero-order chi connectivity index (χ0) is 16.9. The van der Waals surface area contributed by atoms with Gasteiger partial charge in [-0.15, -0.1) is 0 Å². The van der Waals surface area contributed by atoms with E-state index in [0.29, 0.717) is 18.7 Å². The molecule has 2 atom stereocenters. The highest BCUT2D eigenvalue weighted by Gasteiger charge is 2.33. The molecule has 0 radical (unpaired) electrons. The van der Waals surface area contributed by atoms with E-state index in [1.807, 2.05) is 23.1 Å². The number of cyclic esters (lactones) is 1. The number of rotatable bonds is 6. The summed E-state index contributed by atoms with van der Waals surface area (Å²) in [5.41, 5.74) is 1.40. The summed E-state index contributed by atoms with van der Waals surface area (Å²) in [6.45, 7) is 4.19. The first-order chi connectivity index (χ1) is 11.7. The van der Waals surface area contributed by atoms with Crippen molar-refractivity contribution in [3.63, 3.8) is 0 Å². The van der Waals surface area contributed by atoms with Crippen LogP contribution in [0.1, 0.15) is 61.1 Å². The molecule has 2 aliphatic heterocycles. The van der Waals surface area contributed by atoms with Gasteiger partial charge in [0, 0.05) is 25.3 Å². The molecule has 2 heterocycles. The molecule has 24 heavy (non-hydrogen) atoms. The molecule has 0 unspecified atom stereocenters. The fourth-order valence-corrected chi connectivity index (χ4v) is 3.44. The Labute approximate surface area is 142 Å². The van der Waals surface area contributed by atoms with Crippen LogP contribution in [0.3, 0.4) is 0 Å². The monoisotopic (exact) mass is 331 g/mol. The summed E-state index contributed by atoms with van der Waals surface area (Å²) in [4.78, 5) is 26.5. The number of nitrogens with zero attached hydrogens (tertiary/aromatic N) is 1. The van der Waals surface area contributed by atoms with E-state index in [1.165, 1.54) is 0 Å². The van der Waals surface area contributed by atoms with E-state index >= 15 is 0 Å². The van der Waals surface area contributed by atoms with Crippen LogP contribution >= 0.6 is 0 Å². The van der Waals surface area contributed by atoms with Crippen LogP contribution in [0.15, 0.2) is 24.3 Å². The molecule has 0 aromatic heterocycles. The lowest BCUT2D eigenvalue weighted by Crippen LogP contribution is -2.40. The summed E-state index contributed by atoms with van der Waals surface area (Å²) >= 11 is 0. The number of esters is 1. The Morgan fingerprint density at radius 1 is 1.29 bits per heavy atom. The number of benzene rings is 1. The average Bonchev–Trinajstić information content (AvgIpc) is 2.92. The lowest BCUT2D eigenvalue weighted by Gasteiger charge is -2.30. The largest absolute Gasteiger partial charge is 0.453 e. The zero-order valence-electron chi connectivity index (χ0n) is 14.2. The first kappa shape index (κ1) is 17.0. The van der Waals surface area contributed by atoms with Crippen molar-refractivity contribution in [1.82, 2.24) is 4.90 Å². The van der Waals surface area contributed by atoms with Crippen molar-refractivity contribution in [1.29, 1.82) is 0 Å². The number of carbonyl (C=O) groups excluding carboxylic acids is 2. The van der Waals surface area contributed by atoms with Gasteiger partial charge in [0.1, 0.15) is 6.10 Å². The summed E-state index contributed by atoms with van der Waals surface area (Å²) in [5.74, 6) is -0.304. The van der Waals surface area contributed by atoms with E-state index < -0.39 is 6.10 Å². The first-order valence-electron chi connectivity index (χ1n) is 8.88. The predicted molar refractivity (Wildman–Crippen MR) is 89.7 cm³/mol. The summed E-state index contributed by atoms with van der Waals surface area (Å²) < 4.78 is 11.2. The second kappa shape index (κ2) is 7.79. The minimum atomic E-state index is -0.465. The molecule has 5 nitrogen and oxygen atoms in total. The van der Waals surface area contributed by atoms with Gasteiger partial charge in [0.25, 0.3) is 0 Å². The second-order valence-electron chi connectivity index (χ2n) is 6.51. The van der Waals surface area contributed by atoms with Crippen molar-refractivity contribution in [2.45, 2.75) is 51.2 Å². The van der Waals surface area contributed by atoms with Gasteiger partial charge in [-0.3, -0.25) is 4.79 Å². The van der Waals surface area contributed by atoms with Gasteiger partial charge in [-0.05, 0) is 31.7 Å². The predicted octanol–water partition coefficient (Wildman–Crippen LogP) is 3.10. The number of hydrogen-bond acceptors (Lipinski definition) is 4. The van der Waals surface area contributed by atoms with E-state index in [4.69, 9.17) is 9.47 Å². The van der Waals surface area contributed by atoms with Gasteiger partial charge >= 0.3 is 5.97 Å². The normalized spacial score (nSPS) is 22.8. The SMILES string of the molecule is CCCN(C[C@H]1CCCCO1)C(=O)C[C@@H]1OC(=O)c2ccccc21. The zero-order valence-corrected chi connectivity index (χ0v) is 14.2. The topological polar surface area (TPSA) is 55.8 Å². The van der Waals surface area contributed by atoms with Crippen LogP contribution in [0.4, 0.5) is 0 Å². The number of ether oxygens (including phenoxy) is 2. The van der Waals surface area contributed by atoms with Gasteiger partial charge in [0.2, 0.25) is 5.91 Å². The minimum absolute atomic E-state index is 0.0283. The molecule has 0 saturated carbocycles. The molecule has 0 aliphatic carbocycles. The number of fused-ring (bicyclic) bond motifs is 1. The van der Waals surface area contributed by atoms with Crippen LogP contribution in [0.25, 0.3) is 0 Å². The molecule has 0 spiro atoms. The molecule has 1 amide bonds. The molecule has 1 fully saturated rings. The Morgan fingerprint density at radius 2 is 2.12 bits per heavy atom. The van der Waals surface area contributed by atoms with Gasteiger partial charge in [-0.25, -0.2) is 4.79 Å². The van der Waals surface area contributed by atoms with Gasteiger partial charge in [-0.1, -0.05) is 25.1 Å². The second-order valence-corrected chi connectivity index (χ2v) is 6.51. The maximum Gasteiger partial charge on any atom is 0.339 e. The Hall–Kier alpha value is -1.88. The van der Waals surface area contributed by atoms with Crippen molar-refractivity contribution in [2.24, 2.45) is 0 Å². The molecule has 1 aromatic carbocycles. The summed E-state index contributed by atoms with van der Waals surface area (Å²) in [6, 6.07) is 7.31. The molecular weight excluding hydrogens is 306 g/mol. The molecule has 5 heteroatoms. The maximum absolute atomic E-state index is 12.8. The van der Waals surface area contributed by atoms with Gasteiger partial charge in [0.15, 0.2) is 0 Å². The molecule has 0 N–H and O–H groups in total. The van der Waals surface area contributed by atoms with E-state index in [-0.39, 0.29) is 24.4 Å². The van der Waals surface area contributed by atoms with Crippen LogP contribution < -0.4 is 0 Å². The molecule has 3 rings (SSSR count). The lowest BCUT2D eigenvalue weighted by atomic mass is 10.0. The third-order valence-corrected chi connectivity index (χ3v) is 4.68. The molecular formula is C19H25NO4. The highest BCUT2D eigenvalue weighted by Crippen LogP contribution is 2.33. The third-order valence-electron chi connectivity index (χ3n) is 4.68. The van der Waals surface area contributed by atoms with Gasteiger partial charge in [0.05, 0.1) is 18.1 Å².